The highest BCUT2D eigenvalue weighted by Gasteiger charge is 2.46. The molecule has 1 aliphatic carbocycles. The molecule has 1 aromatic heterocycles. The van der Waals surface area contributed by atoms with E-state index in [0.717, 1.165) is 31.4 Å². The van der Waals surface area contributed by atoms with Crippen LogP contribution in [0.1, 0.15) is 55.7 Å². The lowest BCUT2D eigenvalue weighted by molar-refractivity contribution is 0.0526. The van der Waals surface area contributed by atoms with Gasteiger partial charge in [-0.1, -0.05) is 6.92 Å². The first kappa shape index (κ1) is 20.8. The van der Waals surface area contributed by atoms with Gasteiger partial charge in [0.25, 0.3) is 0 Å². The number of esters is 1. The summed E-state index contributed by atoms with van der Waals surface area (Å²) in [6, 6.07) is 6.77. The van der Waals surface area contributed by atoms with Gasteiger partial charge in [0.1, 0.15) is 5.54 Å². The topological polar surface area (TPSA) is 102 Å². The molecule has 0 spiro atoms. The fourth-order valence-corrected chi connectivity index (χ4v) is 3.92. The lowest BCUT2D eigenvalue weighted by Gasteiger charge is -2.44. The Morgan fingerprint density at radius 3 is 2.52 bits per heavy atom. The van der Waals surface area contributed by atoms with Crippen LogP contribution in [-0.2, 0) is 10.3 Å². The number of rotatable bonds is 5. The highest BCUT2D eigenvalue weighted by atomic mass is 16.5. The second-order valence-corrected chi connectivity index (χ2v) is 7.51. The van der Waals surface area contributed by atoms with Gasteiger partial charge in [0.05, 0.1) is 17.9 Å². The van der Waals surface area contributed by atoms with E-state index in [-0.39, 0.29) is 12.0 Å². The Hall–Kier alpha value is -2.97. The number of carbonyl (C=O) groups is 2. The molecule has 1 saturated carbocycles. The minimum atomic E-state index is -0.601. The molecule has 1 fully saturated rings. The molecule has 1 aliphatic rings. The SMILES string of the molecule is CCOC(=O)c1ccc(-n2nnnc2C2(N(C)C(=O)NC)CCC(C)CC2)cc1. The Morgan fingerprint density at radius 2 is 1.93 bits per heavy atom. The molecule has 2 amide bonds. The minimum Gasteiger partial charge on any atom is -0.462 e. The molecule has 0 saturated heterocycles. The molecule has 9 nitrogen and oxygen atoms in total. The van der Waals surface area contributed by atoms with Crippen molar-refractivity contribution in [1.82, 2.24) is 30.4 Å². The molecule has 1 N–H and O–H groups in total. The molecule has 3 rings (SSSR count). The van der Waals surface area contributed by atoms with Gasteiger partial charge in [-0.05, 0) is 73.2 Å². The van der Waals surface area contributed by atoms with Crippen molar-refractivity contribution < 1.29 is 14.3 Å². The van der Waals surface area contributed by atoms with Crippen LogP contribution in [0.5, 0.6) is 0 Å². The van der Waals surface area contributed by atoms with Gasteiger partial charge < -0.3 is 15.0 Å². The number of nitrogens with zero attached hydrogens (tertiary/aromatic N) is 5. The van der Waals surface area contributed by atoms with Crippen molar-refractivity contribution in [3.05, 3.63) is 35.7 Å². The number of hydrogen-bond acceptors (Lipinski definition) is 6. The predicted molar refractivity (Wildman–Crippen MR) is 107 cm³/mol. The Morgan fingerprint density at radius 1 is 1.28 bits per heavy atom. The Kier molecular flexibility index (Phi) is 6.14. The zero-order valence-electron chi connectivity index (χ0n) is 17.4. The lowest BCUT2D eigenvalue weighted by Crippen LogP contribution is -2.53. The summed E-state index contributed by atoms with van der Waals surface area (Å²) in [6.07, 6.45) is 3.52. The highest BCUT2D eigenvalue weighted by Crippen LogP contribution is 2.43. The third kappa shape index (κ3) is 3.94. The van der Waals surface area contributed by atoms with E-state index in [2.05, 4.69) is 27.8 Å². The number of carbonyl (C=O) groups excluding carboxylic acids is 2. The van der Waals surface area contributed by atoms with Gasteiger partial charge in [-0.2, -0.15) is 4.68 Å². The van der Waals surface area contributed by atoms with Crippen molar-refractivity contribution in [3.63, 3.8) is 0 Å². The molecule has 0 aliphatic heterocycles. The third-order valence-corrected chi connectivity index (χ3v) is 5.77. The number of amides is 2. The van der Waals surface area contributed by atoms with Crippen LogP contribution in [0.2, 0.25) is 0 Å². The molecule has 9 heteroatoms. The average molecular weight is 400 g/mol. The van der Waals surface area contributed by atoms with Gasteiger partial charge in [-0.15, -0.1) is 5.10 Å². The van der Waals surface area contributed by atoms with E-state index < -0.39 is 5.54 Å². The summed E-state index contributed by atoms with van der Waals surface area (Å²) in [4.78, 5) is 26.1. The van der Waals surface area contributed by atoms with E-state index >= 15 is 0 Å². The highest BCUT2D eigenvalue weighted by molar-refractivity contribution is 5.89. The van der Waals surface area contributed by atoms with Gasteiger partial charge in [0.2, 0.25) is 0 Å². The molecule has 0 unspecified atom stereocenters. The quantitative estimate of drug-likeness (QED) is 0.774. The van der Waals surface area contributed by atoms with Gasteiger partial charge in [-0.3, -0.25) is 0 Å². The molecule has 2 aromatic rings. The second kappa shape index (κ2) is 8.59. The van der Waals surface area contributed by atoms with E-state index in [4.69, 9.17) is 4.74 Å². The van der Waals surface area contributed by atoms with Crippen molar-refractivity contribution in [2.75, 3.05) is 20.7 Å². The summed E-state index contributed by atoms with van der Waals surface area (Å²) in [6.45, 7) is 4.32. The summed E-state index contributed by atoms with van der Waals surface area (Å²) in [5, 5.41) is 15.1. The van der Waals surface area contributed by atoms with Gasteiger partial charge >= 0.3 is 12.0 Å². The normalized spacial score (nSPS) is 21.4. The van der Waals surface area contributed by atoms with Crippen LogP contribution in [0.4, 0.5) is 4.79 Å². The van der Waals surface area contributed by atoms with Gasteiger partial charge in [0.15, 0.2) is 5.82 Å². The number of tetrazole rings is 1. The molecule has 1 heterocycles. The first-order chi connectivity index (χ1) is 13.9. The van der Waals surface area contributed by atoms with Gasteiger partial charge in [0, 0.05) is 14.1 Å². The predicted octanol–water partition coefficient (Wildman–Crippen LogP) is 2.52. The Labute approximate surface area is 170 Å². The van der Waals surface area contributed by atoms with Crippen LogP contribution in [0, 0.1) is 5.92 Å². The van der Waals surface area contributed by atoms with Crippen molar-refractivity contribution in [2.45, 2.75) is 45.1 Å². The van der Waals surface area contributed by atoms with Crippen LogP contribution >= 0.6 is 0 Å². The van der Waals surface area contributed by atoms with E-state index in [0.29, 0.717) is 23.9 Å². The van der Waals surface area contributed by atoms with E-state index in [9.17, 15) is 9.59 Å². The van der Waals surface area contributed by atoms with Crippen LogP contribution < -0.4 is 5.32 Å². The summed E-state index contributed by atoms with van der Waals surface area (Å²) < 4.78 is 6.69. The van der Waals surface area contributed by atoms with Crippen LogP contribution in [-0.4, -0.2) is 57.8 Å². The zero-order chi connectivity index (χ0) is 21.0. The maximum atomic E-state index is 12.5. The molecule has 0 bridgehead atoms. The van der Waals surface area contributed by atoms with E-state index in [1.54, 1.807) is 54.9 Å². The van der Waals surface area contributed by atoms with Crippen LogP contribution in [0.3, 0.4) is 0 Å². The fourth-order valence-electron chi connectivity index (χ4n) is 3.92. The van der Waals surface area contributed by atoms with Crippen molar-refractivity contribution in [3.8, 4) is 5.69 Å². The van der Waals surface area contributed by atoms with Crippen LogP contribution in [0.25, 0.3) is 5.69 Å². The molecule has 0 atom stereocenters. The fraction of sp³-hybridized carbons (Fsp3) is 0.550. The van der Waals surface area contributed by atoms with Crippen molar-refractivity contribution >= 4 is 12.0 Å². The maximum absolute atomic E-state index is 12.5. The Bertz CT molecular complexity index is 855. The number of hydrogen-bond donors (Lipinski definition) is 1. The molecular formula is C20H28N6O3. The monoisotopic (exact) mass is 400 g/mol. The Balaban J connectivity index is 1.99. The summed E-state index contributed by atoms with van der Waals surface area (Å²) in [7, 11) is 3.41. The van der Waals surface area contributed by atoms with Crippen LogP contribution in [0.15, 0.2) is 24.3 Å². The average Bonchev–Trinajstić information content (AvgIpc) is 3.24. The molecule has 0 radical (unpaired) electrons. The first-order valence-corrected chi connectivity index (χ1v) is 9.95. The largest absolute Gasteiger partial charge is 0.462 e. The lowest BCUT2D eigenvalue weighted by atomic mass is 9.75. The smallest absolute Gasteiger partial charge is 0.338 e. The van der Waals surface area contributed by atoms with Crippen molar-refractivity contribution in [1.29, 1.82) is 0 Å². The molecular weight excluding hydrogens is 372 g/mol. The second-order valence-electron chi connectivity index (χ2n) is 7.51. The van der Waals surface area contributed by atoms with Gasteiger partial charge in [-0.25, -0.2) is 9.59 Å². The first-order valence-electron chi connectivity index (χ1n) is 9.95. The molecule has 1 aromatic carbocycles. The van der Waals surface area contributed by atoms with Crippen molar-refractivity contribution in [2.24, 2.45) is 5.92 Å². The molecule has 29 heavy (non-hydrogen) atoms. The maximum Gasteiger partial charge on any atom is 0.338 e. The summed E-state index contributed by atoms with van der Waals surface area (Å²) >= 11 is 0. The standard InChI is InChI=1S/C20H28N6O3/c1-5-29-17(27)15-6-8-16(9-7-15)26-18(22-23-24-26)20(25(4)19(28)21-3)12-10-14(2)11-13-20/h6-9,14H,5,10-13H2,1-4H3,(H,21,28). The van der Waals surface area contributed by atoms with E-state index in [1.807, 2.05) is 0 Å². The number of aromatic nitrogens is 4. The number of ether oxygens (including phenoxy) is 1. The molecule has 156 valence electrons. The summed E-state index contributed by atoms with van der Waals surface area (Å²) in [5.41, 5.74) is 0.589. The van der Waals surface area contributed by atoms with E-state index in [1.165, 1.54) is 0 Å². The minimum absolute atomic E-state index is 0.174. The number of urea groups is 1. The number of benzene rings is 1. The number of nitrogens with one attached hydrogen (secondary N) is 1. The zero-order valence-corrected chi connectivity index (χ0v) is 17.4. The third-order valence-electron chi connectivity index (χ3n) is 5.77. The summed E-state index contributed by atoms with van der Waals surface area (Å²) in [5.74, 6) is 0.849.